The highest BCUT2D eigenvalue weighted by Gasteiger charge is 2.16. The maximum Gasteiger partial charge on any atom is 0.352 e. The summed E-state index contributed by atoms with van der Waals surface area (Å²) in [5, 5.41) is 9.17. The van der Waals surface area contributed by atoms with Gasteiger partial charge in [0.1, 0.15) is 5.69 Å². The molecular weight excluding hydrogens is 465 g/mol. The van der Waals surface area contributed by atoms with Crippen molar-refractivity contribution in [3.05, 3.63) is 48.7 Å². The number of carboxylic acids is 1. The normalized spacial score (nSPS) is 10.5. The molecule has 0 aliphatic rings. The Kier molecular flexibility index (Phi) is 3.94. The summed E-state index contributed by atoms with van der Waals surface area (Å²) in [5.41, 5.74) is 1.02. The number of benzene rings is 1. The first kappa shape index (κ1) is 13.1. The van der Waals surface area contributed by atoms with Gasteiger partial charge < -0.3 is 9.67 Å². The molecule has 3 nitrogen and oxygen atoms in total. The van der Waals surface area contributed by atoms with Gasteiger partial charge in [-0.25, -0.2) is 4.79 Å². The summed E-state index contributed by atoms with van der Waals surface area (Å²) in [7, 11) is 0. The van der Waals surface area contributed by atoms with Crippen molar-refractivity contribution < 1.29 is 9.90 Å². The van der Waals surface area contributed by atoms with E-state index in [0.717, 1.165) is 18.2 Å². The van der Waals surface area contributed by atoms with Crippen LogP contribution in [0.5, 0.6) is 0 Å². The molecule has 0 unspecified atom stereocenters. The van der Waals surface area contributed by atoms with Crippen molar-refractivity contribution in [2.45, 2.75) is 0 Å². The smallest absolute Gasteiger partial charge is 0.352 e. The summed E-state index contributed by atoms with van der Waals surface area (Å²) < 4.78 is 4.20. The largest absolute Gasteiger partial charge is 0.477 e. The first-order valence-electron chi connectivity index (χ1n) is 4.56. The van der Waals surface area contributed by atoms with Crippen molar-refractivity contribution in [2.75, 3.05) is 0 Å². The van der Waals surface area contributed by atoms with Gasteiger partial charge in [0.2, 0.25) is 0 Å². The zero-order valence-corrected chi connectivity index (χ0v) is 13.7. The second-order valence-electron chi connectivity index (χ2n) is 3.29. The van der Waals surface area contributed by atoms with Crippen LogP contribution in [0.25, 0.3) is 5.69 Å². The molecule has 2 rings (SSSR count). The molecule has 0 radical (unpaired) electrons. The van der Waals surface area contributed by atoms with E-state index >= 15 is 0 Å². The van der Waals surface area contributed by atoms with E-state index in [4.69, 9.17) is 5.11 Å². The van der Waals surface area contributed by atoms with Gasteiger partial charge in [-0.2, -0.15) is 0 Å². The number of para-hydroxylation sites is 1. The van der Waals surface area contributed by atoms with Crippen LogP contribution in [0.4, 0.5) is 0 Å². The summed E-state index contributed by atoms with van der Waals surface area (Å²) in [5.74, 6) is -0.949. The molecule has 1 heterocycles. The Morgan fingerprint density at radius 1 is 1.29 bits per heavy atom. The number of halogens is 3. The van der Waals surface area contributed by atoms with E-state index < -0.39 is 5.97 Å². The van der Waals surface area contributed by atoms with E-state index in [1.54, 1.807) is 16.8 Å². The molecular formula is C11H6Br2INO2. The van der Waals surface area contributed by atoms with Crippen LogP contribution in [-0.4, -0.2) is 15.6 Å². The van der Waals surface area contributed by atoms with Crippen LogP contribution in [-0.2, 0) is 0 Å². The first-order valence-corrected chi connectivity index (χ1v) is 7.22. The topological polar surface area (TPSA) is 42.2 Å². The van der Waals surface area contributed by atoms with E-state index in [-0.39, 0.29) is 5.69 Å². The summed E-state index contributed by atoms with van der Waals surface area (Å²) in [6.07, 6.45) is 1.79. The molecule has 0 spiro atoms. The zero-order chi connectivity index (χ0) is 12.6. The minimum atomic E-state index is -0.949. The van der Waals surface area contributed by atoms with Gasteiger partial charge >= 0.3 is 5.97 Å². The SMILES string of the molecule is O=C(O)c1cc(I)cn1-c1c(Br)cccc1Br. The van der Waals surface area contributed by atoms with E-state index in [2.05, 4.69) is 54.5 Å². The molecule has 0 amide bonds. The lowest BCUT2D eigenvalue weighted by Crippen LogP contribution is -2.06. The average Bonchev–Trinajstić information content (AvgIpc) is 2.60. The minimum Gasteiger partial charge on any atom is -0.477 e. The van der Waals surface area contributed by atoms with Crippen LogP contribution in [0.3, 0.4) is 0 Å². The predicted octanol–water partition coefficient (Wildman–Crippen LogP) is 4.31. The Morgan fingerprint density at radius 2 is 1.88 bits per heavy atom. The van der Waals surface area contributed by atoms with E-state index in [1.165, 1.54) is 0 Å². The monoisotopic (exact) mass is 469 g/mol. The number of hydrogen-bond donors (Lipinski definition) is 1. The van der Waals surface area contributed by atoms with Gasteiger partial charge in [0, 0.05) is 18.7 Å². The first-order chi connectivity index (χ1) is 8.00. The van der Waals surface area contributed by atoms with Crippen LogP contribution < -0.4 is 0 Å². The number of hydrogen-bond acceptors (Lipinski definition) is 1. The summed E-state index contributed by atoms with van der Waals surface area (Å²) >= 11 is 8.96. The van der Waals surface area contributed by atoms with Gasteiger partial charge in [0.25, 0.3) is 0 Å². The molecule has 2 aromatic rings. The van der Waals surface area contributed by atoms with Crippen molar-refractivity contribution in [3.63, 3.8) is 0 Å². The molecule has 0 saturated carbocycles. The number of carboxylic acid groups (broad SMARTS) is 1. The van der Waals surface area contributed by atoms with E-state index in [9.17, 15) is 4.79 Å². The summed E-state index contributed by atoms with van der Waals surface area (Å²) in [4.78, 5) is 11.2. The number of rotatable bonds is 2. The molecule has 0 atom stereocenters. The van der Waals surface area contributed by atoms with Crippen molar-refractivity contribution >= 4 is 60.4 Å². The Morgan fingerprint density at radius 3 is 2.41 bits per heavy atom. The molecule has 17 heavy (non-hydrogen) atoms. The minimum absolute atomic E-state index is 0.238. The molecule has 1 aromatic heterocycles. The van der Waals surface area contributed by atoms with Crippen LogP contribution in [0.1, 0.15) is 10.5 Å². The molecule has 0 saturated heterocycles. The highest BCUT2D eigenvalue weighted by atomic mass is 127. The number of carbonyl (C=O) groups is 1. The Bertz CT molecular complexity index is 575. The second kappa shape index (κ2) is 5.11. The van der Waals surface area contributed by atoms with Gasteiger partial charge in [-0.15, -0.1) is 0 Å². The Hall–Kier alpha value is -0.340. The fourth-order valence-corrected chi connectivity index (χ4v) is 3.45. The van der Waals surface area contributed by atoms with Gasteiger partial charge in [-0.05, 0) is 72.6 Å². The van der Waals surface area contributed by atoms with Crippen molar-refractivity contribution in [1.29, 1.82) is 0 Å². The predicted molar refractivity (Wildman–Crippen MR) is 80.8 cm³/mol. The Labute approximate surface area is 128 Å². The fourth-order valence-electron chi connectivity index (χ4n) is 1.50. The van der Waals surface area contributed by atoms with Crippen LogP contribution >= 0.6 is 54.5 Å². The Balaban J connectivity index is 2.72. The second-order valence-corrected chi connectivity index (χ2v) is 6.24. The third-order valence-electron chi connectivity index (χ3n) is 2.18. The van der Waals surface area contributed by atoms with Crippen LogP contribution in [0, 0.1) is 3.57 Å². The molecule has 0 aliphatic heterocycles. The third kappa shape index (κ3) is 2.58. The molecule has 1 N–H and O–H groups in total. The molecule has 6 heteroatoms. The maximum atomic E-state index is 11.2. The lowest BCUT2D eigenvalue weighted by molar-refractivity contribution is 0.0688. The van der Waals surface area contributed by atoms with E-state index in [0.29, 0.717) is 0 Å². The highest BCUT2D eigenvalue weighted by molar-refractivity contribution is 14.1. The third-order valence-corrected chi connectivity index (χ3v) is 4.05. The molecule has 88 valence electrons. The summed E-state index contributed by atoms with van der Waals surface area (Å²) in [6.45, 7) is 0. The van der Waals surface area contributed by atoms with Crippen LogP contribution in [0.2, 0.25) is 0 Å². The highest BCUT2D eigenvalue weighted by Crippen LogP contribution is 2.31. The number of aromatic nitrogens is 1. The van der Waals surface area contributed by atoms with Crippen molar-refractivity contribution in [3.8, 4) is 5.69 Å². The lowest BCUT2D eigenvalue weighted by Gasteiger charge is -2.10. The van der Waals surface area contributed by atoms with Crippen LogP contribution in [0.15, 0.2) is 39.4 Å². The standard InChI is InChI=1S/C11H6Br2INO2/c12-7-2-1-3-8(13)10(7)15-5-6(14)4-9(15)11(16)17/h1-5H,(H,16,17). The number of aromatic carboxylic acids is 1. The van der Waals surface area contributed by atoms with Gasteiger partial charge in [0.15, 0.2) is 0 Å². The van der Waals surface area contributed by atoms with E-state index in [1.807, 2.05) is 18.2 Å². The van der Waals surface area contributed by atoms with Crippen molar-refractivity contribution in [1.82, 2.24) is 4.57 Å². The van der Waals surface area contributed by atoms with Crippen molar-refractivity contribution in [2.24, 2.45) is 0 Å². The molecule has 0 fully saturated rings. The maximum absolute atomic E-state index is 11.2. The molecule has 0 aliphatic carbocycles. The van der Waals surface area contributed by atoms with Gasteiger partial charge in [-0.3, -0.25) is 0 Å². The quantitative estimate of drug-likeness (QED) is 0.665. The lowest BCUT2D eigenvalue weighted by atomic mass is 10.3. The zero-order valence-electron chi connectivity index (χ0n) is 8.32. The molecule has 0 bridgehead atoms. The van der Waals surface area contributed by atoms with Gasteiger partial charge in [0.05, 0.1) is 5.69 Å². The average molecular weight is 471 g/mol. The molecule has 1 aromatic carbocycles. The summed E-state index contributed by atoms with van der Waals surface area (Å²) in [6, 6.07) is 7.26. The fraction of sp³-hybridized carbons (Fsp3) is 0. The van der Waals surface area contributed by atoms with Gasteiger partial charge in [-0.1, -0.05) is 6.07 Å². The number of nitrogens with zero attached hydrogens (tertiary/aromatic N) is 1.